The van der Waals surface area contributed by atoms with E-state index >= 15 is 0 Å². The van der Waals surface area contributed by atoms with Crippen LogP contribution in [0.3, 0.4) is 0 Å². The summed E-state index contributed by atoms with van der Waals surface area (Å²) in [6.07, 6.45) is 9.12. The Bertz CT molecular complexity index is 548. The molecule has 0 unspecified atom stereocenters. The Morgan fingerprint density at radius 1 is 1.17 bits per heavy atom. The third-order valence-electron chi connectivity index (χ3n) is 4.46. The Balaban J connectivity index is 1.72. The van der Waals surface area contributed by atoms with Crippen LogP contribution < -0.4 is 5.32 Å². The summed E-state index contributed by atoms with van der Waals surface area (Å²) >= 11 is 0. The highest BCUT2D eigenvalue weighted by Gasteiger charge is 2.18. The number of carbonyl (C=O) groups is 2. The molecular weight excluding hydrogens is 300 g/mol. The first kappa shape index (κ1) is 18.2. The van der Waals surface area contributed by atoms with E-state index in [0.717, 1.165) is 18.4 Å². The summed E-state index contributed by atoms with van der Waals surface area (Å²) < 4.78 is 0. The minimum atomic E-state index is 0.00568. The van der Waals surface area contributed by atoms with Gasteiger partial charge in [-0.3, -0.25) is 9.59 Å². The van der Waals surface area contributed by atoms with Crippen molar-refractivity contribution in [2.75, 3.05) is 13.1 Å². The molecule has 1 aliphatic carbocycles. The molecule has 0 spiro atoms. The van der Waals surface area contributed by atoms with E-state index < -0.39 is 0 Å². The predicted molar refractivity (Wildman–Crippen MR) is 97.4 cm³/mol. The molecule has 0 aliphatic heterocycles. The van der Waals surface area contributed by atoms with E-state index in [2.05, 4.69) is 5.32 Å². The van der Waals surface area contributed by atoms with Crippen molar-refractivity contribution in [3.8, 4) is 0 Å². The molecule has 1 N–H and O–H groups in total. The van der Waals surface area contributed by atoms with Crippen LogP contribution >= 0.6 is 0 Å². The lowest BCUT2D eigenvalue weighted by atomic mass is 10.2. The number of rotatable bonds is 8. The van der Waals surface area contributed by atoms with Gasteiger partial charge in [0.1, 0.15) is 0 Å². The van der Waals surface area contributed by atoms with Gasteiger partial charge in [-0.05, 0) is 25.3 Å². The van der Waals surface area contributed by atoms with E-state index in [1.165, 1.54) is 12.8 Å². The summed E-state index contributed by atoms with van der Waals surface area (Å²) in [4.78, 5) is 26.0. The van der Waals surface area contributed by atoms with Crippen LogP contribution in [0.1, 0.15) is 51.0 Å². The Labute approximate surface area is 144 Å². The van der Waals surface area contributed by atoms with Gasteiger partial charge in [0.15, 0.2) is 0 Å². The maximum absolute atomic E-state index is 12.3. The molecule has 4 heteroatoms. The van der Waals surface area contributed by atoms with Gasteiger partial charge in [-0.15, -0.1) is 0 Å². The van der Waals surface area contributed by atoms with E-state index in [-0.39, 0.29) is 24.7 Å². The van der Waals surface area contributed by atoms with Crippen LogP contribution in [0.2, 0.25) is 0 Å². The number of likely N-dealkylation sites (N-methyl/N-ethyl adjacent to an activating group) is 1. The molecule has 1 saturated carbocycles. The number of amides is 2. The minimum Gasteiger partial charge on any atom is -0.353 e. The Hall–Kier alpha value is -2.10. The van der Waals surface area contributed by atoms with Crippen molar-refractivity contribution in [1.29, 1.82) is 0 Å². The molecule has 1 aromatic carbocycles. The number of benzene rings is 1. The molecule has 130 valence electrons. The molecule has 0 saturated heterocycles. The second-order valence-electron chi connectivity index (χ2n) is 6.29. The van der Waals surface area contributed by atoms with Crippen molar-refractivity contribution in [1.82, 2.24) is 10.2 Å². The fourth-order valence-corrected chi connectivity index (χ4v) is 3.04. The first-order valence-electron chi connectivity index (χ1n) is 8.97. The number of nitrogens with zero attached hydrogens (tertiary/aromatic N) is 1. The lowest BCUT2D eigenvalue weighted by Gasteiger charge is -2.19. The molecule has 2 amide bonds. The van der Waals surface area contributed by atoms with Gasteiger partial charge in [-0.25, -0.2) is 0 Å². The molecule has 1 aromatic rings. The zero-order chi connectivity index (χ0) is 17.2. The van der Waals surface area contributed by atoms with Gasteiger partial charge < -0.3 is 10.2 Å². The standard InChI is InChI=1S/C20H28N2O2/c1-2-22(16-8-11-17-9-4-3-5-10-17)20(24)15-14-19(23)21-18-12-6-7-13-18/h3-5,8-11,18H,2,6-7,12-16H2,1H3,(H,21,23)/b11-8+. The summed E-state index contributed by atoms with van der Waals surface area (Å²) in [7, 11) is 0. The van der Waals surface area contributed by atoms with Crippen LogP contribution in [0, 0.1) is 0 Å². The van der Waals surface area contributed by atoms with Crippen LogP contribution in [0.4, 0.5) is 0 Å². The van der Waals surface area contributed by atoms with Crippen LogP contribution in [0.15, 0.2) is 36.4 Å². The maximum atomic E-state index is 12.3. The molecular formula is C20H28N2O2. The topological polar surface area (TPSA) is 49.4 Å². The predicted octanol–water partition coefficient (Wildman–Crippen LogP) is 3.39. The van der Waals surface area contributed by atoms with Crippen molar-refractivity contribution in [3.05, 3.63) is 42.0 Å². The normalized spacial score (nSPS) is 14.9. The lowest BCUT2D eigenvalue weighted by Crippen LogP contribution is -2.35. The molecule has 0 atom stereocenters. The van der Waals surface area contributed by atoms with E-state index in [1.807, 2.05) is 49.4 Å². The van der Waals surface area contributed by atoms with Gasteiger partial charge in [-0.1, -0.05) is 55.3 Å². The molecule has 0 bridgehead atoms. The number of nitrogens with one attached hydrogen (secondary N) is 1. The highest BCUT2D eigenvalue weighted by molar-refractivity contribution is 5.84. The molecule has 0 radical (unpaired) electrons. The molecule has 4 nitrogen and oxygen atoms in total. The van der Waals surface area contributed by atoms with E-state index in [9.17, 15) is 9.59 Å². The van der Waals surface area contributed by atoms with Crippen LogP contribution in [-0.2, 0) is 9.59 Å². The summed E-state index contributed by atoms with van der Waals surface area (Å²) in [5.41, 5.74) is 1.12. The van der Waals surface area contributed by atoms with E-state index in [4.69, 9.17) is 0 Å². The fourth-order valence-electron chi connectivity index (χ4n) is 3.04. The zero-order valence-corrected chi connectivity index (χ0v) is 14.5. The second kappa shape index (κ2) is 9.91. The third kappa shape index (κ3) is 6.19. The fraction of sp³-hybridized carbons (Fsp3) is 0.500. The van der Waals surface area contributed by atoms with Gasteiger partial charge in [0.05, 0.1) is 0 Å². The van der Waals surface area contributed by atoms with Crippen molar-refractivity contribution in [2.24, 2.45) is 0 Å². The van der Waals surface area contributed by atoms with Gasteiger partial charge in [0.25, 0.3) is 0 Å². The Morgan fingerprint density at radius 3 is 2.54 bits per heavy atom. The SMILES string of the molecule is CCN(C/C=C/c1ccccc1)C(=O)CCC(=O)NC1CCCC1. The number of hydrogen-bond acceptors (Lipinski definition) is 2. The molecule has 1 fully saturated rings. The number of hydrogen-bond donors (Lipinski definition) is 1. The maximum Gasteiger partial charge on any atom is 0.223 e. The molecule has 0 aromatic heterocycles. The average molecular weight is 328 g/mol. The zero-order valence-electron chi connectivity index (χ0n) is 14.5. The van der Waals surface area contributed by atoms with Crippen LogP contribution in [0.5, 0.6) is 0 Å². The summed E-state index contributed by atoms with van der Waals surface area (Å²) in [5.74, 6) is 0.0444. The first-order chi connectivity index (χ1) is 11.7. The van der Waals surface area contributed by atoms with Gasteiger partial charge in [0, 0.05) is 32.0 Å². The highest BCUT2D eigenvalue weighted by Crippen LogP contribution is 2.17. The van der Waals surface area contributed by atoms with Gasteiger partial charge in [0.2, 0.25) is 11.8 Å². The van der Waals surface area contributed by atoms with E-state index in [0.29, 0.717) is 19.1 Å². The van der Waals surface area contributed by atoms with Crippen molar-refractivity contribution in [2.45, 2.75) is 51.5 Å². The molecule has 1 aliphatic rings. The largest absolute Gasteiger partial charge is 0.353 e. The van der Waals surface area contributed by atoms with Crippen molar-refractivity contribution < 1.29 is 9.59 Å². The summed E-state index contributed by atoms with van der Waals surface area (Å²) in [6, 6.07) is 10.3. The average Bonchev–Trinajstić information content (AvgIpc) is 3.10. The third-order valence-corrected chi connectivity index (χ3v) is 4.46. The second-order valence-corrected chi connectivity index (χ2v) is 6.29. The summed E-state index contributed by atoms with van der Waals surface area (Å²) in [6.45, 7) is 3.20. The first-order valence-corrected chi connectivity index (χ1v) is 8.97. The Kier molecular flexibility index (Phi) is 7.53. The quantitative estimate of drug-likeness (QED) is 0.795. The monoisotopic (exact) mass is 328 g/mol. The number of carbonyl (C=O) groups excluding carboxylic acids is 2. The van der Waals surface area contributed by atoms with Crippen molar-refractivity contribution >= 4 is 17.9 Å². The van der Waals surface area contributed by atoms with Crippen LogP contribution in [0.25, 0.3) is 6.08 Å². The minimum absolute atomic E-state index is 0.00568. The Morgan fingerprint density at radius 2 is 1.88 bits per heavy atom. The molecule has 0 heterocycles. The van der Waals surface area contributed by atoms with Gasteiger partial charge in [-0.2, -0.15) is 0 Å². The lowest BCUT2D eigenvalue weighted by molar-refractivity contribution is -0.133. The molecule has 24 heavy (non-hydrogen) atoms. The van der Waals surface area contributed by atoms with Gasteiger partial charge >= 0.3 is 0 Å². The summed E-state index contributed by atoms with van der Waals surface area (Å²) in [5, 5.41) is 3.03. The van der Waals surface area contributed by atoms with E-state index in [1.54, 1.807) is 4.90 Å². The highest BCUT2D eigenvalue weighted by atomic mass is 16.2. The van der Waals surface area contributed by atoms with Crippen molar-refractivity contribution in [3.63, 3.8) is 0 Å². The molecule has 2 rings (SSSR count). The van der Waals surface area contributed by atoms with Crippen LogP contribution in [-0.4, -0.2) is 35.8 Å². The smallest absolute Gasteiger partial charge is 0.223 e.